The zero-order valence-corrected chi connectivity index (χ0v) is 8.95. The smallest absolute Gasteiger partial charge is 0.339 e. The number of benzene rings is 1. The zero-order valence-electron chi connectivity index (χ0n) is 8.95. The quantitative estimate of drug-likeness (QED) is 0.365. The number of hydrogen-bond donors (Lipinski definition) is 1. The molecule has 7 heteroatoms. The van der Waals surface area contributed by atoms with E-state index in [1.807, 2.05) is 0 Å². The summed E-state index contributed by atoms with van der Waals surface area (Å²) in [6.07, 6.45) is 0.914. The molecule has 7 nitrogen and oxygen atoms in total. The summed E-state index contributed by atoms with van der Waals surface area (Å²) in [5.74, 6) is -1.87. The summed E-state index contributed by atoms with van der Waals surface area (Å²) in [4.78, 5) is 32.0. The van der Waals surface area contributed by atoms with Gasteiger partial charge in [0, 0.05) is 23.8 Å². The second-order valence-corrected chi connectivity index (χ2v) is 3.57. The van der Waals surface area contributed by atoms with Gasteiger partial charge in [0.15, 0.2) is 0 Å². The van der Waals surface area contributed by atoms with Crippen LogP contribution >= 0.6 is 0 Å². The third kappa shape index (κ3) is 2.05. The molecule has 0 saturated heterocycles. The molecular weight excluding hydrogens is 242 g/mol. The van der Waals surface area contributed by atoms with Crippen molar-refractivity contribution in [2.75, 3.05) is 6.61 Å². The van der Waals surface area contributed by atoms with Crippen LogP contribution < -0.4 is 0 Å². The van der Waals surface area contributed by atoms with E-state index in [9.17, 15) is 19.7 Å². The molecule has 1 aromatic carbocycles. The van der Waals surface area contributed by atoms with Gasteiger partial charge in [0.1, 0.15) is 6.61 Å². The number of rotatable bonds is 2. The topological polar surface area (TPSA) is 107 Å². The van der Waals surface area contributed by atoms with Crippen molar-refractivity contribution < 1.29 is 24.4 Å². The summed E-state index contributed by atoms with van der Waals surface area (Å²) in [5.41, 5.74) is 0.400. The molecule has 1 heterocycles. The van der Waals surface area contributed by atoms with Crippen molar-refractivity contribution in [2.24, 2.45) is 0 Å². The molecule has 2 rings (SSSR count). The summed E-state index contributed by atoms with van der Waals surface area (Å²) in [5, 5.41) is 19.3. The summed E-state index contributed by atoms with van der Waals surface area (Å²) < 4.78 is 4.76. The summed E-state index contributed by atoms with van der Waals surface area (Å²) in [6.45, 7) is -0.157. The number of esters is 1. The predicted molar refractivity (Wildman–Crippen MR) is 59.0 cm³/mol. The Kier molecular flexibility index (Phi) is 2.80. The molecule has 1 aliphatic rings. The number of fused-ring (bicyclic) bond motifs is 1. The third-order valence-corrected chi connectivity index (χ3v) is 2.44. The molecule has 0 radical (unpaired) electrons. The fourth-order valence-electron chi connectivity index (χ4n) is 1.66. The fraction of sp³-hybridized carbons (Fsp3) is 0.0909. The molecule has 0 bridgehead atoms. The van der Waals surface area contributed by atoms with E-state index < -0.39 is 16.9 Å². The van der Waals surface area contributed by atoms with Gasteiger partial charge in [-0.05, 0) is 11.6 Å². The number of carboxylic acids is 1. The lowest BCUT2D eigenvalue weighted by Crippen LogP contribution is -2.17. The van der Waals surface area contributed by atoms with Crippen LogP contribution in [0.25, 0.3) is 5.57 Å². The Balaban J connectivity index is 2.57. The van der Waals surface area contributed by atoms with Crippen molar-refractivity contribution in [3.63, 3.8) is 0 Å². The number of carbonyl (C=O) groups excluding carboxylic acids is 1. The fourth-order valence-corrected chi connectivity index (χ4v) is 1.66. The van der Waals surface area contributed by atoms with Crippen LogP contribution in [-0.2, 0) is 9.53 Å². The SMILES string of the molecule is O=C(O)C=C1COC(=O)c2cc([N+](=O)[O-])ccc21. The first-order valence-corrected chi connectivity index (χ1v) is 4.88. The van der Waals surface area contributed by atoms with Crippen molar-refractivity contribution in [2.45, 2.75) is 0 Å². The predicted octanol–water partition coefficient (Wildman–Crippen LogP) is 1.23. The van der Waals surface area contributed by atoms with Crippen LogP contribution in [0.3, 0.4) is 0 Å². The number of cyclic esters (lactones) is 1. The Labute approximate surface area is 100 Å². The van der Waals surface area contributed by atoms with E-state index in [-0.39, 0.29) is 17.9 Å². The number of nitro groups is 1. The number of aliphatic carboxylic acids is 1. The molecule has 1 aliphatic heterocycles. The van der Waals surface area contributed by atoms with Gasteiger partial charge in [-0.25, -0.2) is 9.59 Å². The molecule has 0 spiro atoms. The maximum Gasteiger partial charge on any atom is 0.339 e. The first-order valence-electron chi connectivity index (χ1n) is 4.88. The van der Waals surface area contributed by atoms with E-state index in [0.29, 0.717) is 11.1 Å². The molecule has 1 aromatic rings. The van der Waals surface area contributed by atoms with Crippen molar-refractivity contribution in [3.05, 3.63) is 45.5 Å². The Hall–Kier alpha value is -2.70. The third-order valence-electron chi connectivity index (χ3n) is 2.44. The molecular formula is C11H7NO6. The van der Waals surface area contributed by atoms with Crippen molar-refractivity contribution in [1.82, 2.24) is 0 Å². The molecule has 92 valence electrons. The number of carbonyl (C=O) groups is 2. The normalized spacial score (nSPS) is 16.0. The van der Waals surface area contributed by atoms with Crippen molar-refractivity contribution in [1.29, 1.82) is 0 Å². The molecule has 0 amide bonds. The van der Waals surface area contributed by atoms with Crippen LogP contribution in [0.2, 0.25) is 0 Å². The van der Waals surface area contributed by atoms with E-state index in [1.54, 1.807) is 0 Å². The monoisotopic (exact) mass is 249 g/mol. The maximum absolute atomic E-state index is 11.5. The van der Waals surface area contributed by atoms with E-state index in [2.05, 4.69) is 0 Å². The number of nitro benzene ring substituents is 1. The maximum atomic E-state index is 11.5. The van der Waals surface area contributed by atoms with Gasteiger partial charge in [-0.1, -0.05) is 0 Å². The van der Waals surface area contributed by atoms with Gasteiger partial charge in [0.05, 0.1) is 10.5 Å². The average molecular weight is 249 g/mol. The zero-order chi connectivity index (χ0) is 13.3. The molecule has 0 saturated carbocycles. The summed E-state index contributed by atoms with van der Waals surface area (Å²) in [7, 11) is 0. The Morgan fingerprint density at radius 1 is 1.44 bits per heavy atom. The van der Waals surface area contributed by atoms with Gasteiger partial charge in [-0.2, -0.15) is 0 Å². The van der Waals surface area contributed by atoms with Crippen LogP contribution in [0.5, 0.6) is 0 Å². The molecule has 0 unspecified atom stereocenters. The van der Waals surface area contributed by atoms with E-state index in [4.69, 9.17) is 9.84 Å². The lowest BCUT2D eigenvalue weighted by molar-refractivity contribution is -0.384. The minimum atomic E-state index is -1.17. The van der Waals surface area contributed by atoms with E-state index >= 15 is 0 Å². The minimum absolute atomic E-state index is 0.00273. The van der Waals surface area contributed by atoms with Gasteiger partial charge in [-0.3, -0.25) is 10.1 Å². The van der Waals surface area contributed by atoms with Crippen LogP contribution in [0.15, 0.2) is 24.3 Å². The summed E-state index contributed by atoms with van der Waals surface area (Å²) in [6, 6.07) is 3.64. The molecule has 18 heavy (non-hydrogen) atoms. The molecule has 0 aliphatic carbocycles. The van der Waals surface area contributed by atoms with E-state index in [0.717, 1.165) is 12.1 Å². The van der Waals surface area contributed by atoms with Gasteiger partial charge in [-0.15, -0.1) is 0 Å². The van der Waals surface area contributed by atoms with Gasteiger partial charge < -0.3 is 9.84 Å². The number of non-ortho nitro benzene ring substituents is 1. The lowest BCUT2D eigenvalue weighted by Gasteiger charge is -2.17. The van der Waals surface area contributed by atoms with Gasteiger partial charge in [0.2, 0.25) is 0 Å². The van der Waals surface area contributed by atoms with Crippen molar-refractivity contribution in [3.8, 4) is 0 Å². The highest BCUT2D eigenvalue weighted by molar-refractivity contribution is 6.02. The Bertz CT molecular complexity index is 589. The highest BCUT2D eigenvalue weighted by Gasteiger charge is 2.25. The van der Waals surface area contributed by atoms with Crippen LogP contribution in [0.1, 0.15) is 15.9 Å². The van der Waals surface area contributed by atoms with Crippen LogP contribution in [0, 0.1) is 10.1 Å². The highest BCUT2D eigenvalue weighted by Crippen LogP contribution is 2.28. The second-order valence-electron chi connectivity index (χ2n) is 3.57. The molecule has 0 fully saturated rings. The Morgan fingerprint density at radius 2 is 2.17 bits per heavy atom. The van der Waals surface area contributed by atoms with Crippen molar-refractivity contribution >= 4 is 23.2 Å². The highest BCUT2D eigenvalue weighted by atomic mass is 16.6. The number of hydrogen-bond acceptors (Lipinski definition) is 5. The average Bonchev–Trinajstić information content (AvgIpc) is 2.32. The minimum Gasteiger partial charge on any atom is -0.478 e. The number of nitrogens with zero attached hydrogens (tertiary/aromatic N) is 1. The van der Waals surface area contributed by atoms with E-state index in [1.165, 1.54) is 12.1 Å². The molecule has 0 aromatic heterocycles. The standard InChI is InChI=1S/C11H7NO6/c13-10(14)3-6-5-18-11(15)9-4-7(12(16)17)1-2-8(6)9/h1-4H,5H2,(H,13,14). The van der Waals surface area contributed by atoms with Crippen LogP contribution in [-0.4, -0.2) is 28.6 Å². The second kappa shape index (κ2) is 4.28. The van der Waals surface area contributed by atoms with Gasteiger partial charge >= 0.3 is 11.9 Å². The molecule has 1 N–H and O–H groups in total. The lowest BCUT2D eigenvalue weighted by atomic mass is 9.97. The van der Waals surface area contributed by atoms with Crippen LogP contribution in [0.4, 0.5) is 5.69 Å². The van der Waals surface area contributed by atoms with Gasteiger partial charge in [0.25, 0.3) is 5.69 Å². The first-order chi connectivity index (χ1) is 8.49. The number of ether oxygens (including phenoxy) is 1. The first kappa shape index (κ1) is 11.8. The largest absolute Gasteiger partial charge is 0.478 e. The molecule has 0 atom stereocenters. The summed E-state index contributed by atoms with van der Waals surface area (Å²) >= 11 is 0. The number of carboxylic acid groups (broad SMARTS) is 1. The Morgan fingerprint density at radius 3 is 2.78 bits per heavy atom.